The number of anilines is 1. The van der Waals surface area contributed by atoms with E-state index in [-0.39, 0.29) is 61.1 Å². The summed E-state index contributed by atoms with van der Waals surface area (Å²) in [4.78, 5) is 33.3. The van der Waals surface area contributed by atoms with Gasteiger partial charge in [0.2, 0.25) is 0 Å². The summed E-state index contributed by atoms with van der Waals surface area (Å²) in [6.07, 6.45) is 15.7. The number of fused-ring (bicyclic) bond motifs is 8. The predicted octanol–water partition coefficient (Wildman–Crippen LogP) is 11.0. The van der Waals surface area contributed by atoms with Crippen molar-refractivity contribution in [2.45, 2.75) is 228 Å². The van der Waals surface area contributed by atoms with E-state index in [1.54, 1.807) is 26.1 Å². The van der Waals surface area contributed by atoms with E-state index in [9.17, 15) is 10.2 Å². The fourth-order valence-corrected chi connectivity index (χ4v) is 15.5. The molecule has 0 aromatic carbocycles. The predicted molar refractivity (Wildman–Crippen MR) is 334 cm³/mol. The van der Waals surface area contributed by atoms with E-state index in [2.05, 4.69) is 57.4 Å². The molecule has 0 amide bonds. The average molecular weight is 1320 g/mol. The molecule has 91 heavy (non-hydrogen) atoms. The Morgan fingerprint density at radius 2 is 0.879 bits per heavy atom. The lowest BCUT2D eigenvalue weighted by molar-refractivity contribution is -0.182. The van der Waals surface area contributed by atoms with E-state index in [4.69, 9.17) is 78.4 Å². The minimum Gasteiger partial charge on any atom is -0.393 e. The summed E-state index contributed by atoms with van der Waals surface area (Å²) in [6, 6.07) is 6.99. The molecule has 4 saturated heterocycles. The highest BCUT2D eigenvalue weighted by Gasteiger charge is 2.65. The molecule has 8 aromatic rings. The van der Waals surface area contributed by atoms with Gasteiger partial charge in [0.25, 0.3) is 0 Å². The van der Waals surface area contributed by atoms with Crippen molar-refractivity contribution < 1.29 is 56.9 Å². The fraction of sp³-hybridized carbons (Fsp3) is 0.587. The number of aromatic nitrogens is 12. The van der Waals surface area contributed by atoms with E-state index < -0.39 is 65.0 Å². The van der Waals surface area contributed by atoms with Gasteiger partial charge in [-0.1, -0.05) is 61.7 Å². The van der Waals surface area contributed by atoms with Gasteiger partial charge in [-0.3, -0.25) is 0 Å². The summed E-state index contributed by atoms with van der Waals surface area (Å²) in [5, 5.41) is 25.0. The molecule has 15 atom stereocenters. The summed E-state index contributed by atoms with van der Waals surface area (Å²) in [7, 11) is 0. The maximum absolute atomic E-state index is 15.4. The summed E-state index contributed by atoms with van der Waals surface area (Å²) in [6.45, 7) is 20.2. The van der Waals surface area contributed by atoms with Crippen molar-refractivity contribution in [3.8, 4) is 0 Å². The summed E-state index contributed by atoms with van der Waals surface area (Å²) in [5.41, 5.74) is 5.88. The van der Waals surface area contributed by atoms with E-state index in [0.29, 0.717) is 63.6 Å². The third-order valence-electron chi connectivity index (χ3n) is 19.1. The molecule has 7 fully saturated rings. The van der Waals surface area contributed by atoms with Crippen molar-refractivity contribution in [1.82, 2.24) is 58.1 Å². The van der Waals surface area contributed by atoms with Crippen molar-refractivity contribution >= 4 is 84.8 Å². The lowest BCUT2D eigenvalue weighted by atomic mass is 9.96. The molecule has 12 heterocycles. The van der Waals surface area contributed by atoms with E-state index in [0.717, 1.165) is 33.9 Å². The normalized spacial score (nSPS) is 34.3. The highest BCUT2D eigenvalue weighted by Crippen LogP contribution is 2.55. The van der Waals surface area contributed by atoms with Crippen LogP contribution in [0.5, 0.6) is 0 Å². The molecule has 0 spiro atoms. The largest absolute Gasteiger partial charge is 0.393 e. The monoisotopic (exact) mass is 1320 g/mol. The van der Waals surface area contributed by atoms with Crippen molar-refractivity contribution in [3.63, 3.8) is 0 Å². The van der Waals surface area contributed by atoms with E-state index >= 15 is 8.78 Å². The Balaban J connectivity index is 0.000000111. The molecular weight excluding hydrogens is 1240 g/mol. The van der Waals surface area contributed by atoms with Gasteiger partial charge in [0.05, 0.1) is 57.9 Å². The number of nitrogen functional groups attached to an aromatic ring is 1. The Kier molecular flexibility index (Phi) is 16.2. The minimum atomic E-state index is -1.85. The summed E-state index contributed by atoms with van der Waals surface area (Å²) in [5.74, 6) is -2.56. The maximum Gasteiger partial charge on any atom is 0.164 e. The Labute approximate surface area is 538 Å². The number of nitrogens with zero attached hydrogens (tertiary/aromatic N) is 12. The molecule has 16 rings (SSSR count). The second-order valence-electron chi connectivity index (χ2n) is 26.6. The number of ether oxygens (including phenoxy) is 8. The number of nitrogens with two attached hydrogens (primary N) is 1. The topological polar surface area (TPSA) is 263 Å². The second kappa shape index (κ2) is 23.1. The summed E-state index contributed by atoms with van der Waals surface area (Å²) >= 11 is 18.4. The van der Waals surface area contributed by atoms with Crippen LogP contribution in [0.4, 0.5) is 14.6 Å². The first kappa shape index (κ1) is 64.1. The van der Waals surface area contributed by atoms with Crippen molar-refractivity contribution in [1.29, 1.82) is 0 Å². The van der Waals surface area contributed by atoms with Crippen LogP contribution in [0.2, 0.25) is 15.5 Å². The number of hydrogen-bond donors (Lipinski definition) is 3. The van der Waals surface area contributed by atoms with Crippen LogP contribution < -0.4 is 5.73 Å². The second-order valence-corrected chi connectivity index (χ2v) is 27.7. The first-order chi connectivity index (χ1) is 43.0. The van der Waals surface area contributed by atoms with Gasteiger partial charge in [-0.25, -0.2) is 48.7 Å². The van der Waals surface area contributed by atoms with Gasteiger partial charge >= 0.3 is 0 Å². The van der Waals surface area contributed by atoms with Gasteiger partial charge in [-0.15, -0.1) is 0 Å². The van der Waals surface area contributed by atoms with Crippen molar-refractivity contribution in [2.75, 3.05) is 12.3 Å². The molecule has 0 unspecified atom stereocenters. The molecule has 0 bridgehead atoms. The minimum absolute atomic E-state index is 0.0137. The Morgan fingerprint density at radius 3 is 1.35 bits per heavy atom. The highest BCUT2D eigenvalue weighted by molar-refractivity contribution is 6.34. The van der Waals surface area contributed by atoms with Crippen LogP contribution in [0, 0.1) is 0 Å². The third-order valence-corrected chi connectivity index (χ3v) is 20.0. The fourth-order valence-electron chi connectivity index (χ4n) is 14.9. The molecule has 8 aromatic heterocycles. The van der Waals surface area contributed by atoms with Gasteiger partial charge in [-0.2, -0.15) is 0 Å². The van der Waals surface area contributed by atoms with Crippen LogP contribution in [0.15, 0.2) is 86.0 Å². The molecular formula is C63H76Cl3F2N13O10. The zero-order valence-electron chi connectivity index (χ0n) is 52.4. The number of aliphatic hydroxyl groups is 2. The lowest BCUT2D eigenvalue weighted by Crippen LogP contribution is -2.41. The molecule has 488 valence electrons. The number of halogens is 5. The van der Waals surface area contributed by atoms with Gasteiger partial charge in [0, 0.05) is 44.0 Å². The van der Waals surface area contributed by atoms with Crippen LogP contribution in [0.3, 0.4) is 0 Å². The van der Waals surface area contributed by atoms with Gasteiger partial charge in [0.1, 0.15) is 124 Å². The molecule has 8 aliphatic rings. The van der Waals surface area contributed by atoms with E-state index in [1.165, 1.54) is 30.9 Å². The third kappa shape index (κ3) is 11.2. The molecule has 0 radical (unpaired) electrons. The molecule has 4 aliphatic carbocycles. The van der Waals surface area contributed by atoms with Crippen LogP contribution >= 0.6 is 34.8 Å². The molecule has 28 heteroatoms. The van der Waals surface area contributed by atoms with Gasteiger partial charge in [-0.05, 0) is 104 Å². The number of alkyl halides is 2. The van der Waals surface area contributed by atoms with Crippen LogP contribution in [0.25, 0.3) is 44.1 Å². The first-order valence-electron chi connectivity index (χ1n) is 30.9. The van der Waals surface area contributed by atoms with Crippen molar-refractivity contribution in [2.24, 2.45) is 0 Å². The molecule has 4 aliphatic heterocycles. The number of aliphatic hydroxyl groups excluding tert-OH is 1. The lowest BCUT2D eigenvalue weighted by Gasteiger charge is -2.29. The Bertz CT molecular complexity index is 3790. The summed E-state index contributed by atoms with van der Waals surface area (Å²) < 4.78 is 86.3. The molecule has 3 saturated carbocycles. The molecule has 23 nitrogen and oxygen atoms in total. The van der Waals surface area contributed by atoms with Crippen LogP contribution in [0.1, 0.15) is 139 Å². The zero-order chi connectivity index (χ0) is 64.7. The number of rotatable bonds is 8. The SMILES string of the molecule is CC1(C)O[C@H]2[C@H](n3ccc4c(N)ncnc43)C[C@](F)(CO)[C@H]2O1.CCC1=C[C@@H](n2ccc3c(Cl)ncnc32)[C@@H]2OC(C)(C)O[C@H]12.CC[C@@]1(F)C[C@@H](n2ccc3c(Cl)ncnc32)[C@@H]2OC(C)(C)O[C@@H]21.CC[C@]1(O)C[C@@H](n2ccc3c(Cl)ncnc32)[C@@H]2OC(C)(C)O[C@@H]21. The Morgan fingerprint density at radius 1 is 0.495 bits per heavy atom. The van der Waals surface area contributed by atoms with Gasteiger partial charge in [0.15, 0.2) is 28.8 Å². The quantitative estimate of drug-likeness (QED) is 0.0943. The number of hydrogen-bond acceptors (Lipinski definition) is 19. The standard InChI is InChI=1S/C16H19ClFN3O2.C16H20ClN3O3.C16H18ClN3O2.C15H19FN4O3/c1-4-16(18)7-10(11-12(16)23-15(2,3)22-11)21-6-5-9-13(17)19-8-20-14(9)21;1-4-16(21)7-10(11-12(16)23-15(2,3)22-11)20-6-5-9-13(17)18-8-19-14(9)20;1-4-9-7-11(13-12(9)21-16(2,3)22-13)20-6-5-10-14(17)18-8-19-15(10)20;1-14(2)22-10-9(5-15(16,6-21)11(10)23-14)20-4-3-8-12(17)18-7-19-13(8)20/h5-6,8,10-12H,4,7H2,1-3H3;5-6,8,10-12,21H,4,7H2,1-3H3;5-8,11-13H,4H2,1-3H3;3-4,7,9-11,21H,5-6H2,1-2H3,(H2,17,18,19)/t10-,11+,12+,16-;10-,11+,12+,16+;11-,12-,13+;9-,10+,11+,15+/m1111/s1. The highest BCUT2D eigenvalue weighted by atomic mass is 35.5. The van der Waals surface area contributed by atoms with Gasteiger partial charge < -0.3 is 72.1 Å². The molecule has 4 N–H and O–H groups in total. The smallest absolute Gasteiger partial charge is 0.164 e. The van der Waals surface area contributed by atoms with Crippen LogP contribution in [-0.2, 0) is 37.9 Å². The average Bonchev–Trinajstić information content (AvgIpc) is 1.60. The first-order valence-corrected chi connectivity index (χ1v) is 32.0. The maximum atomic E-state index is 15.4. The van der Waals surface area contributed by atoms with Crippen LogP contribution in [-0.4, -0.2) is 164 Å². The Hall–Kier alpha value is -5.65. The van der Waals surface area contributed by atoms with E-state index in [1.807, 2.05) is 106 Å². The van der Waals surface area contributed by atoms with Crippen molar-refractivity contribution in [3.05, 3.63) is 101 Å². The zero-order valence-corrected chi connectivity index (χ0v) is 54.6.